The van der Waals surface area contributed by atoms with Crippen LogP contribution in [0.15, 0.2) is 24.3 Å². The monoisotopic (exact) mass is 237 g/mol. The Labute approximate surface area is 99.5 Å². The number of rotatable bonds is 4. The van der Waals surface area contributed by atoms with Crippen LogP contribution in [-0.4, -0.2) is 25.1 Å². The van der Waals surface area contributed by atoms with Crippen molar-refractivity contribution in [3.63, 3.8) is 0 Å². The Kier molecular flexibility index (Phi) is 4.66. The third-order valence-corrected chi connectivity index (χ3v) is 2.14. The van der Waals surface area contributed by atoms with Gasteiger partial charge in [0.05, 0.1) is 7.11 Å². The van der Waals surface area contributed by atoms with Crippen molar-refractivity contribution in [3.05, 3.63) is 29.8 Å². The molecule has 92 valence electrons. The number of nitrogens with two attached hydrogens (primary N) is 1. The zero-order chi connectivity index (χ0) is 12.8. The molecule has 1 aromatic rings. The van der Waals surface area contributed by atoms with Crippen molar-refractivity contribution < 1.29 is 19.1 Å². The van der Waals surface area contributed by atoms with E-state index in [0.29, 0.717) is 12.2 Å². The van der Waals surface area contributed by atoms with Gasteiger partial charge < -0.3 is 15.2 Å². The second-order valence-electron chi connectivity index (χ2n) is 3.57. The summed E-state index contributed by atoms with van der Waals surface area (Å²) in [4.78, 5) is 21.9. The molecule has 0 aliphatic carbocycles. The lowest BCUT2D eigenvalue weighted by atomic mass is 10.1. The summed E-state index contributed by atoms with van der Waals surface area (Å²) in [7, 11) is 1.56. The first-order valence-electron chi connectivity index (χ1n) is 5.13. The van der Waals surface area contributed by atoms with E-state index in [9.17, 15) is 9.59 Å². The van der Waals surface area contributed by atoms with Gasteiger partial charge in [-0.15, -0.1) is 0 Å². The Hall–Kier alpha value is -1.88. The topological polar surface area (TPSA) is 78.6 Å². The highest BCUT2D eigenvalue weighted by Gasteiger charge is 2.17. The molecular weight excluding hydrogens is 222 g/mol. The van der Waals surface area contributed by atoms with Crippen LogP contribution < -0.4 is 10.5 Å². The molecule has 0 aliphatic heterocycles. The molecule has 0 bridgehead atoms. The summed E-state index contributed by atoms with van der Waals surface area (Å²) in [5.41, 5.74) is 6.47. The van der Waals surface area contributed by atoms with Crippen LogP contribution in [0.4, 0.5) is 0 Å². The van der Waals surface area contributed by atoms with E-state index in [0.717, 1.165) is 12.5 Å². The molecule has 5 nitrogen and oxygen atoms in total. The minimum atomic E-state index is -0.856. The van der Waals surface area contributed by atoms with Crippen LogP contribution in [-0.2, 0) is 20.7 Å². The molecule has 0 amide bonds. The molecule has 0 heterocycles. The van der Waals surface area contributed by atoms with Gasteiger partial charge in [-0.2, -0.15) is 0 Å². The Morgan fingerprint density at radius 3 is 2.71 bits per heavy atom. The van der Waals surface area contributed by atoms with Gasteiger partial charge in [0.1, 0.15) is 11.8 Å². The highest BCUT2D eigenvalue weighted by atomic mass is 16.6. The molecule has 1 aromatic carbocycles. The number of methoxy groups -OCH3 is 1. The van der Waals surface area contributed by atoms with E-state index in [4.69, 9.17) is 10.5 Å². The lowest BCUT2D eigenvalue weighted by Crippen LogP contribution is -2.35. The summed E-state index contributed by atoms with van der Waals surface area (Å²) in [6.45, 7) is 1.16. The summed E-state index contributed by atoms with van der Waals surface area (Å²) in [5, 5.41) is 0. The predicted octanol–water partition coefficient (Wildman–Crippen LogP) is 0.655. The minimum absolute atomic E-state index is 0.295. The molecule has 17 heavy (non-hydrogen) atoms. The molecule has 0 saturated carbocycles. The van der Waals surface area contributed by atoms with Gasteiger partial charge in [-0.25, -0.2) is 4.79 Å². The van der Waals surface area contributed by atoms with Crippen LogP contribution in [0.5, 0.6) is 5.75 Å². The van der Waals surface area contributed by atoms with Gasteiger partial charge in [-0.1, -0.05) is 12.1 Å². The fourth-order valence-electron chi connectivity index (χ4n) is 1.35. The first-order valence-corrected chi connectivity index (χ1v) is 5.13. The van der Waals surface area contributed by atoms with Gasteiger partial charge in [0, 0.05) is 6.92 Å². The second kappa shape index (κ2) is 6.00. The maximum Gasteiger partial charge on any atom is 0.330 e. The van der Waals surface area contributed by atoms with Gasteiger partial charge >= 0.3 is 11.9 Å². The number of benzene rings is 1. The van der Waals surface area contributed by atoms with Crippen molar-refractivity contribution in [2.24, 2.45) is 5.73 Å². The van der Waals surface area contributed by atoms with Crippen molar-refractivity contribution in [3.8, 4) is 5.75 Å². The standard InChI is InChI=1S/C12H15NO4/c1-8(14)17-12(15)11(13)7-9-4-3-5-10(6-9)16-2/h3-6,11H,7,13H2,1-2H3. The maximum absolute atomic E-state index is 11.3. The van der Waals surface area contributed by atoms with Gasteiger partial charge in [-0.3, -0.25) is 4.79 Å². The van der Waals surface area contributed by atoms with E-state index in [-0.39, 0.29) is 0 Å². The first-order chi connectivity index (χ1) is 8.02. The second-order valence-corrected chi connectivity index (χ2v) is 3.57. The van der Waals surface area contributed by atoms with E-state index in [1.165, 1.54) is 0 Å². The molecule has 0 aliphatic rings. The maximum atomic E-state index is 11.3. The predicted molar refractivity (Wildman–Crippen MR) is 61.4 cm³/mol. The number of hydrogen-bond acceptors (Lipinski definition) is 5. The smallest absolute Gasteiger partial charge is 0.330 e. The first kappa shape index (κ1) is 13.2. The third-order valence-electron chi connectivity index (χ3n) is 2.14. The average Bonchev–Trinajstić information content (AvgIpc) is 2.28. The van der Waals surface area contributed by atoms with Crippen molar-refractivity contribution >= 4 is 11.9 Å². The normalized spacial score (nSPS) is 11.7. The molecule has 0 spiro atoms. The molecule has 5 heteroatoms. The van der Waals surface area contributed by atoms with Crippen molar-refractivity contribution in [2.45, 2.75) is 19.4 Å². The van der Waals surface area contributed by atoms with E-state index >= 15 is 0 Å². The quantitative estimate of drug-likeness (QED) is 0.614. The lowest BCUT2D eigenvalue weighted by Gasteiger charge is -2.10. The minimum Gasteiger partial charge on any atom is -0.497 e. The van der Waals surface area contributed by atoms with Crippen molar-refractivity contribution in [1.82, 2.24) is 0 Å². The van der Waals surface area contributed by atoms with E-state index in [1.807, 2.05) is 6.07 Å². The van der Waals surface area contributed by atoms with Crippen LogP contribution in [0.25, 0.3) is 0 Å². The molecule has 1 unspecified atom stereocenters. The summed E-state index contributed by atoms with van der Waals surface area (Å²) in [6, 6.07) is 6.34. The number of carbonyl (C=O) groups is 2. The molecular formula is C12H15NO4. The molecule has 0 fully saturated rings. The summed E-state index contributed by atoms with van der Waals surface area (Å²) < 4.78 is 9.46. The molecule has 1 atom stereocenters. The summed E-state index contributed by atoms with van der Waals surface area (Å²) in [5.74, 6) is -0.689. The average molecular weight is 237 g/mol. The summed E-state index contributed by atoms with van der Waals surface area (Å²) in [6.07, 6.45) is 0.295. The van der Waals surface area contributed by atoms with Crippen LogP contribution in [0, 0.1) is 0 Å². The zero-order valence-corrected chi connectivity index (χ0v) is 9.80. The lowest BCUT2D eigenvalue weighted by molar-refractivity contribution is -0.159. The highest BCUT2D eigenvalue weighted by Crippen LogP contribution is 2.13. The van der Waals surface area contributed by atoms with Crippen LogP contribution in [0.2, 0.25) is 0 Å². The molecule has 2 N–H and O–H groups in total. The Bertz CT molecular complexity index is 417. The molecule has 0 saturated heterocycles. The van der Waals surface area contributed by atoms with Gasteiger partial charge in [0.15, 0.2) is 0 Å². The molecule has 1 rings (SSSR count). The number of hydrogen-bond donors (Lipinski definition) is 1. The van der Waals surface area contributed by atoms with E-state index < -0.39 is 18.0 Å². The highest BCUT2D eigenvalue weighted by molar-refractivity contribution is 5.87. The Balaban J connectivity index is 2.63. The molecule has 0 radical (unpaired) electrons. The fourth-order valence-corrected chi connectivity index (χ4v) is 1.35. The van der Waals surface area contributed by atoms with Gasteiger partial charge in [0.2, 0.25) is 0 Å². The molecule has 0 aromatic heterocycles. The van der Waals surface area contributed by atoms with E-state index in [2.05, 4.69) is 4.74 Å². The van der Waals surface area contributed by atoms with Crippen molar-refractivity contribution in [1.29, 1.82) is 0 Å². The van der Waals surface area contributed by atoms with Gasteiger partial charge in [-0.05, 0) is 24.1 Å². The Morgan fingerprint density at radius 2 is 2.12 bits per heavy atom. The Morgan fingerprint density at radius 1 is 1.41 bits per heavy atom. The van der Waals surface area contributed by atoms with Crippen molar-refractivity contribution in [2.75, 3.05) is 7.11 Å². The number of esters is 2. The number of carbonyl (C=O) groups excluding carboxylic acids is 2. The third kappa shape index (κ3) is 4.24. The zero-order valence-electron chi connectivity index (χ0n) is 9.80. The van der Waals surface area contributed by atoms with Crippen LogP contribution >= 0.6 is 0 Å². The van der Waals surface area contributed by atoms with Crippen LogP contribution in [0.3, 0.4) is 0 Å². The van der Waals surface area contributed by atoms with Gasteiger partial charge in [0.25, 0.3) is 0 Å². The SMILES string of the molecule is COc1cccc(CC(N)C(=O)OC(C)=O)c1. The number of ether oxygens (including phenoxy) is 2. The van der Waals surface area contributed by atoms with E-state index in [1.54, 1.807) is 25.3 Å². The van der Waals surface area contributed by atoms with Crippen LogP contribution in [0.1, 0.15) is 12.5 Å². The largest absolute Gasteiger partial charge is 0.497 e. The fraction of sp³-hybridized carbons (Fsp3) is 0.333. The summed E-state index contributed by atoms with van der Waals surface area (Å²) >= 11 is 0.